The van der Waals surface area contributed by atoms with Gasteiger partial charge in [-0.3, -0.25) is 9.59 Å². The third-order valence-corrected chi connectivity index (χ3v) is 8.72. The molecule has 0 radical (unpaired) electrons. The smallest absolute Gasteiger partial charge is 0.243 e. The number of anilines is 2. The summed E-state index contributed by atoms with van der Waals surface area (Å²) in [5.41, 5.74) is 3.75. The number of piperidine rings is 1. The molecule has 2 aromatic carbocycles. The molecular weight excluding hydrogens is 464 g/mol. The maximum absolute atomic E-state index is 13.4. The monoisotopic (exact) mass is 498 g/mol. The van der Waals surface area contributed by atoms with Crippen LogP contribution in [0.15, 0.2) is 47.4 Å². The van der Waals surface area contributed by atoms with Crippen molar-refractivity contribution in [3.05, 3.63) is 53.6 Å². The highest BCUT2D eigenvalue weighted by molar-refractivity contribution is 7.89. The summed E-state index contributed by atoms with van der Waals surface area (Å²) in [6.07, 6.45) is 2.84. The molecule has 9 heteroatoms. The minimum absolute atomic E-state index is 0.0416. The SMILES string of the molecule is CC(=O)N1CCCc2cc(S(=O)(=O)N3CCC[C@H](C(=O)NCc4ccc(N(C)C)cc4)C3)ccc21. The molecule has 0 unspecified atom stereocenters. The van der Waals surface area contributed by atoms with Crippen LogP contribution in [0.25, 0.3) is 0 Å². The van der Waals surface area contributed by atoms with Gasteiger partial charge in [0, 0.05) is 58.6 Å². The van der Waals surface area contributed by atoms with Crippen molar-refractivity contribution >= 4 is 33.2 Å². The van der Waals surface area contributed by atoms with Gasteiger partial charge in [0.2, 0.25) is 21.8 Å². The molecule has 0 spiro atoms. The zero-order valence-electron chi connectivity index (χ0n) is 20.7. The average Bonchev–Trinajstić information content (AvgIpc) is 2.86. The van der Waals surface area contributed by atoms with Crippen molar-refractivity contribution in [2.24, 2.45) is 5.92 Å². The fraction of sp³-hybridized carbons (Fsp3) is 0.462. The predicted octanol–water partition coefficient (Wildman–Crippen LogP) is 2.77. The average molecular weight is 499 g/mol. The molecule has 1 saturated heterocycles. The first kappa shape index (κ1) is 25.2. The number of carbonyl (C=O) groups excluding carboxylic acids is 2. The molecule has 0 aromatic heterocycles. The molecule has 2 aliphatic heterocycles. The summed E-state index contributed by atoms with van der Waals surface area (Å²) in [5, 5.41) is 2.97. The number of nitrogens with one attached hydrogen (secondary N) is 1. The minimum Gasteiger partial charge on any atom is -0.378 e. The van der Waals surface area contributed by atoms with Crippen molar-refractivity contribution in [1.29, 1.82) is 0 Å². The first-order chi connectivity index (χ1) is 16.7. The van der Waals surface area contributed by atoms with Crippen molar-refractivity contribution in [2.75, 3.05) is 43.5 Å². The van der Waals surface area contributed by atoms with E-state index in [1.165, 1.54) is 11.2 Å². The highest BCUT2D eigenvalue weighted by Crippen LogP contribution is 2.31. The molecule has 2 aromatic rings. The zero-order valence-corrected chi connectivity index (χ0v) is 21.5. The number of benzene rings is 2. The summed E-state index contributed by atoms with van der Waals surface area (Å²) in [6, 6.07) is 13.0. The Labute approximate surface area is 207 Å². The van der Waals surface area contributed by atoms with Crippen LogP contribution < -0.4 is 15.1 Å². The van der Waals surface area contributed by atoms with Gasteiger partial charge >= 0.3 is 0 Å². The number of carbonyl (C=O) groups is 2. The van der Waals surface area contributed by atoms with Crippen molar-refractivity contribution in [3.8, 4) is 0 Å². The molecule has 1 N–H and O–H groups in total. The Bertz CT molecular complexity index is 1190. The van der Waals surface area contributed by atoms with Gasteiger partial charge in [-0.25, -0.2) is 8.42 Å². The fourth-order valence-corrected chi connectivity index (χ4v) is 6.41. The molecule has 4 rings (SSSR count). The first-order valence-electron chi connectivity index (χ1n) is 12.1. The lowest BCUT2D eigenvalue weighted by Gasteiger charge is -2.32. The summed E-state index contributed by atoms with van der Waals surface area (Å²) >= 11 is 0. The van der Waals surface area contributed by atoms with E-state index in [1.807, 2.05) is 43.3 Å². The Hall–Kier alpha value is -2.91. The molecule has 1 atom stereocenters. The molecule has 0 saturated carbocycles. The highest BCUT2D eigenvalue weighted by Gasteiger charge is 2.34. The van der Waals surface area contributed by atoms with E-state index in [0.29, 0.717) is 32.5 Å². The van der Waals surface area contributed by atoms with Crippen molar-refractivity contribution in [1.82, 2.24) is 9.62 Å². The largest absolute Gasteiger partial charge is 0.378 e. The Kier molecular flexibility index (Phi) is 7.47. The number of hydrogen-bond donors (Lipinski definition) is 1. The lowest BCUT2D eigenvalue weighted by molar-refractivity contribution is -0.126. The normalized spacial score (nSPS) is 18.6. The molecule has 2 heterocycles. The number of rotatable bonds is 6. The molecule has 8 nitrogen and oxygen atoms in total. The van der Waals surface area contributed by atoms with Crippen molar-refractivity contribution < 1.29 is 18.0 Å². The van der Waals surface area contributed by atoms with Gasteiger partial charge in [0.05, 0.1) is 10.8 Å². The van der Waals surface area contributed by atoms with Crippen LogP contribution in [0, 0.1) is 5.92 Å². The summed E-state index contributed by atoms with van der Waals surface area (Å²) in [4.78, 5) is 28.7. The second-order valence-corrected chi connectivity index (χ2v) is 11.5. The Morgan fingerprint density at radius 2 is 1.80 bits per heavy atom. The van der Waals surface area contributed by atoms with Crippen LogP contribution >= 0.6 is 0 Å². The molecule has 35 heavy (non-hydrogen) atoms. The maximum atomic E-state index is 13.4. The van der Waals surface area contributed by atoms with E-state index in [2.05, 4.69) is 5.32 Å². The second kappa shape index (κ2) is 10.4. The van der Waals surface area contributed by atoms with Gasteiger partial charge in [-0.05, 0) is 67.1 Å². The Balaban J connectivity index is 1.42. The topological polar surface area (TPSA) is 90.0 Å². The number of sulfonamides is 1. The summed E-state index contributed by atoms with van der Waals surface area (Å²) in [5.74, 6) is -0.547. The lowest BCUT2D eigenvalue weighted by atomic mass is 9.98. The zero-order chi connectivity index (χ0) is 25.2. The predicted molar refractivity (Wildman–Crippen MR) is 137 cm³/mol. The Morgan fingerprint density at radius 1 is 1.06 bits per heavy atom. The molecule has 2 amide bonds. The second-order valence-electron chi connectivity index (χ2n) is 9.55. The van der Waals surface area contributed by atoms with Crippen LogP contribution in [-0.4, -0.2) is 58.3 Å². The summed E-state index contributed by atoms with van der Waals surface area (Å²) in [6.45, 7) is 3.15. The molecule has 2 aliphatic rings. The van der Waals surface area contributed by atoms with Crippen molar-refractivity contribution in [2.45, 2.75) is 44.0 Å². The molecule has 1 fully saturated rings. The van der Waals surface area contributed by atoms with Crippen LogP contribution in [0.1, 0.15) is 37.3 Å². The number of aryl methyl sites for hydroxylation is 1. The summed E-state index contributed by atoms with van der Waals surface area (Å²) < 4.78 is 28.3. The van der Waals surface area contributed by atoms with Gasteiger partial charge in [-0.1, -0.05) is 12.1 Å². The lowest BCUT2D eigenvalue weighted by Crippen LogP contribution is -2.45. The van der Waals surface area contributed by atoms with E-state index in [9.17, 15) is 18.0 Å². The number of nitrogens with zero attached hydrogens (tertiary/aromatic N) is 3. The van der Waals surface area contributed by atoms with Gasteiger partial charge in [0.15, 0.2) is 0 Å². The Morgan fingerprint density at radius 3 is 2.49 bits per heavy atom. The third-order valence-electron chi connectivity index (χ3n) is 6.86. The van der Waals surface area contributed by atoms with Crippen LogP contribution in [0.4, 0.5) is 11.4 Å². The third kappa shape index (κ3) is 5.51. The number of amides is 2. The standard InChI is InChI=1S/C26H34N4O4S/c1-19(31)30-15-5-6-21-16-24(12-13-25(21)30)35(33,34)29-14-4-7-22(18-29)26(32)27-17-20-8-10-23(11-9-20)28(2)3/h8-13,16,22H,4-7,14-15,17-18H2,1-3H3,(H,27,32)/t22-/m0/s1. The van der Waals surface area contributed by atoms with Crippen molar-refractivity contribution in [3.63, 3.8) is 0 Å². The van der Waals surface area contributed by atoms with Gasteiger partial charge in [0.25, 0.3) is 0 Å². The number of fused-ring (bicyclic) bond motifs is 1. The quantitative estimate of drug-likeness (QED) is 0.662. The van der Waals surface area contributed by atoms with Crippen LogP contribution in [0.3, 0.4) is 0 Å². The molecule has 188 valence electrons. The fourth-order valence-electron chi connectivity index (χ4n) is 4.83. The number of hydrogen-bond acceptors (Lipinski definition) is 5. The van der Waals surface area contributed by atoms with Gasteiger partial charge in [-0.15, -0.1) is 0 Å². The van der Waals surface area contributed by atoms with Crippen LogP contribution in [-0.2, 0) is 32.6 Å². The highest BCUT2D eigenvalue weighted by atomic mass is 32.2. The minimum atomic E-state index is -3.73. The molecule has 0 aliphatic carbocycles. The van der Waals surface area contributed by atoms with Crippen LogP contribution in [0.5, 0.6) is 0 Å². The first-order valence-corrected chi connectivity index (χ1v) is 13.6. The van der Waals surface area contributed by atoms with E-state index in [0.717, 1.165) is 35.3 Å². The maximum Gasteiger partial charge on any atom is 0.243 e. The van der Waals surface area contributed by atoms with Gasteiger partial charge in [0.1, 0.15) is 0 Å². The summed E-state index contributed by atoms with van der Waals surface area (Å²) in [7, 11) is 0.219. The van der Waals surface area contributed by atoms with Crippen LogP contribution in [0.2, 0.25) is 0 Å². The molecular formula is C26H34N4O4S. The van der Waals surface area contributed by atoms with E-state index in [1.54, 1.807) is 23.1 Å². The van der Waals surface area contributed by atoms with Gasteiger partial charge in [-0.2, -0.15) is 4.31 Å². The van der Waals surface area contributed by atoms with E-state index in [4.69, 9.17) is 0 Å². The van der Waals surface area contributed by atoms with E-state index in [-0.39, 0.29) is 29.2 Å². The molecule has 0 bridgehead atoms. The van der Waals surface area contributed by atoms with E-state index >= 15 is 0 Å². The van der Waals surface area contributed by atoms with Gasteiger partial charge < -0.3 is 15.1 Å². The van der Waals surface area contributed by atoms with E-state index < -0.39 is 10.0 Å².